The molecule has 1 unspecified atom stereocenters. The average Bonchev–Trinajstić information content (AvgIpc) is 2.43. The van der Waals surface area contributed by atoms with Crippen molar-refractivity contribution in [1.29, 1.82) is 0 Å². The van der Waals surface area contributed by atoms with E-state index in [0.717, 1.165) is 0 Å². The molecule has 0 aromatic carbocycles. The molecule has 0 aliphatic heterocycles. The second-order valence-electron chi connectivity index (χ2n) is 4.84. The molecule has 0 radical (unpaired) electrons. The molecule has 1 atom stereocenters. The zero-order chi connectivity index (χ0) is 11.1. The Kier molecular flexibility index (Phi) is 5.69. The van der Waals surface area contributed by atoms with Crippen molar-refractivity contribution >= 4 is 5.91 Å². The topological polar surface area (TPSA) is 55.1 Å². The van der Waals surface area contributed by atoms with Gasteiger partial charge in [0.05, 0.1) is 0 Å². The highest BCUT2D eigenvalue weighted by Gasteiger charge is 2.15. The summed E-state index contributed by atoms with van der Waals surface area (Å²) in [7, 11) is 0. The Bertz CT molecular complexity index is 184. The SMILES string of the molecule is CC(N)CNC(=O)CC1CCCCCC1. The molecule has 1 amide bonds. The molecule has 1 rings (SSSR count). The molecule has 1 aliphatic rings. The normalized spacial score (nSPS) is 20.7. The van der Waals surface area contributed by atoms with E-state index in [2.05, 4.69) is 5.32 Å². The van der Waals surface area contributed by atoms with E-state index >= 15 is 0 Å². The van der Waals surface area contributed by atoms with Crippen molar-refractivity contribution in [2.24, 2.45) is 11.7 Å². The first-order valence-corrected chi connectivity index (χ1v) is 6.20. The van der Waals surface area contributed by atoms with E-state index in [1.165, 1.54) is 38.5 Å². The van der Waals surface area contributed by atoms with Crippen LogP contribution < -0.4 is 11.1 Å². The maximum absolute atomic E-state index is 11.6. The predicted octanol–water partition coefficient (Wildman–Crippen LogP) is 1.81. The van der Waals surface area contributed by atoms with Gasteiger partial charge in [-0.15, -0.1) is 0 Å². The molecule has 0 aromatic heterocycles. The molecule has 1 saturated carbocycles. The largest absolute Gasteiger partial charge is 0.355 e. The molecule has 0 saturated heterocycles. The van der Waals surface area contributed by atoms with E-state index in [-0.39, 0.29) is 11.9 Å². The van der Waals surface area contributed by atoms with Gasteiger partial charge in [0.1, 0.15) is 0 Å². The first-order valence-electron chi connectivity index (χ1n) is 6.20. The predicted molar refractivity (Wildman–Crippen MR) is 62.5 cm³/mol. The molecule has 3 heteroatoms. The number of nitrogens with two attached hydrogens (primary N) is 1. The maximum atomic E-state index is 11.6. The summed E-state index contributed by atoms with van der Waals surface area (Å²) >= 11 is 0. The minimum atomic E-state index is 0.0584. The van der Waals surface area contributed by atoms with E-state index < -0.39 is 0 Å². The summed E-state index contributed by atoms with van der Waals surface area (Å²) in [5.41, 5.74) is 5.58. The molecule has 88 valence electrons. The second-order valence-corrected chi connectivity index (χ2v) is 4.84. The monoisotopic (exact) mass is 212 g/mol. The van der Waals surface area contributed by atoms with Gasteiger partial charge in [-0.05, 0) is 25.7 Å². The van der Waals surface area contributed by atoms with E-state index in [4.69, 9.17) is 5.73 Å². The fourth-order valence-corrected chi connectivity index (χ4v) is 2.18. The molecule has 0 bridgehead atoms. The zero-order valence-electron chi connectivity index (χ0n) is 9.80. The molecule has 1 fully saturated rings. The first kappa shape index (κ1) is 12.5. The van der Waals surface area contributed by atoms with Gasteiger partial charge in [0.2, 0.25) is 5.91 Å². The highest BCUT2D eigenvalue weighted by atomic mass is 16.1. The van der Waals surface area contributed by atoms with Crippen LogP contribution >= 0.6 is 0 Å². The maximum Gasteiger partial charge on any atom is 0.220 e. The van der Waals surface area contributed by atoms with Gasteiger partial charge in [0, 0.05) is 19.0 Å². The van der Waals surface area contributed by atoms with Crippen LogP contribution in [0.4, 0.5) is 0 Å². The van der Waals surface area contributed by atoms with E-state index in [1.807, 2.05) is 6.92 Å². The summed E-state index contributed by atoms with van der Waals surface area (Å²) in [6.07, 6.45) is 8.44. The lowest BCUT2D eigenvalue weighted by Crippen LogP contribution is -2.35. The highest BCUT2D eigenvalue weighted by molar-refractivity contribution is 5.76. The number of nitrogens with one attached hydrogen (secondary N) is 1. The number of carbonyl (C=O) groups excluding carboxylic acids is 1. The lowest BCUT2D eigenvalue weighted by molar-refractivity contribution is -0.122. The van der Waals surface area contributed by atoms with Gasteiger partial charge in [0.25, 0.3) is 0 Å². The fourth-order valence-electron chi connectivity index (χ4n) is 2.18. The molecular formula is C12H24N2O. The van der Waals surface area contributed by atoms with E-state index in [0.29, 0.717) is 18.9 Å². The van der Waals surface area contributed by atoms with Gasteiger partial charge in [-0.2, -0.15) is 0 Å². The van der Waals surface area contributed by atoms with Crippen molar-refractivity contribution in [3.05, 3.63) is 0 Å². The van der Waals surface area contributed by atoms with Crippen LogP contribution in [-0.4, -0.2) is 18.5 Å². The minimum Gasteiger partial charge on any atom is -0.355 e. The van der Waals surface area contributed by atoms with Gasteiger partial charge < -0.3 is 11.1 Å². The van der Waals surface area contributed by atoms with Crippen LogP contribution in [-0.2, 0) is 4.79 Å². The third-order valence-corrected chi connectivity index (χ3v) is 3.07. The molecule has 0 aromatic rings. The van der Waals surface area contributed by atoms with Gasteiger partial charge in [-0.3, -0.25) is 4.79 Å². The molecule has 15 heavy (non-hydrogen) atoms. The third kappa shape index (κ3) is 5.78. The fraction of sp³-hybridized carbons (Fsp3) is 0.917. The Morgan fingerprint density at radius 3 is 2.47 bits per heavy atom. The van der Waals surface area contributed by atoms with Crippen molar-refractivity contribution in [2.75, 3.05) is 6.54 Å². The van der Waals surface area contributed by atoms with Crippen molar-refractivity contribution in [3.63, 3.8) is 0 Å². The van der Waals surface area contributed by atoms with Gasteiger partial charge in [-0.1, -0.05) is 25.7 Å². The number of rotatable bonds is 4. The van der Waals surface area contributed by atoms with Crippen LogP contribution in [0, 0.1) is 5.92 Å². The summed E-state index contributed by atoms with van der Waals surface area (Å²) in [5.74, 6) is 0.791. The summed E-state index contributed by atoms with van der Waals surface area (Å²) in [5, 5.41) is 2.89. The number of hydrogen-bond acceptors (Lipinski definition) is 2. The highest BCUT2D eigenvalue weighted by Crippen LogP contribution is 2.25. The molecule has 1 aliphatic carbocycles. The number of amides is 1. The van der Waals surface area contributed by atoms with Crippen LogP contribution in [0.3, 0.4) is 0 Å². The summed E-state index contributed by atoms with van der Waals surface area (Å²) in [6.45, 7) is 2.51. The smallest absolute Gasteiger partial charge is 0.220 e. The second kappa shape index (κ2) is 6.83. The lowest BCUT2D eigenvalue weighted by Gasteiger charge is -2.14. The molecular weight excluding hydrogens is 188 g/mol. The van der Waals surface area contributed by atoms with Crippen LogP contribution in [0.15, 0.2) is 0 Å². The Morgan fingerprint density at radius 2 is 1.93 bits per heavy atom. The van der Waals surface area contributed by atoms with Crippen molar-refractivity contribution in [3.8, 4) is 0 Å². The van der Waals surface area contributed by atoms with Crippen LogP contribution in [0.5, 0.6) is 0 Å². The Labute approximate surface area is 92.8 Å². The average molecular weight is 212 g/mol. The molecule has 3 N–H and O–H groups in total. The number of hydrogen-bond donors (Lipinski definition) is 2. The van der Waals surface area contributed by atoms with E-state index in [9.17, 15) is 4.79 Å². The van der Waals surface area contributed by atoms with Gasteiger partial charge in [0.15, 0.2) is 0 Å². The lowest BCUT2D eigenvalue weighted by atomic mass is 9.96. The van der Waals surface area contributed by atoms with Crippen molar-refractivity contribution in [1.82, 2.24) is 5.32 Å². The summed E-state index contributed by atoms with van der Waals surface area (Å²) < 4.78 is 0. The van der Waals surface area contributed by atoms with Crippen molar-refractivity contribution in [2.45, 2.75) is 57.9 Å². The zero-order valence-corrected chi connectivity index (χ0v) is 9.80. The summed E-state index contributed by atoms with van der Waals surface area (Å²) in [6, 6.07) is 0.0584. The molecule has 3 nitrogen and oxygen atoms in total. The Hall–Kier alpha value is -0.570. The number of carbonyl (C=O) groups is 1. The van der Waals surface area contributed by atoms with Gasteiger partial charge >= 0.3 is 0 Å². The summed E-state index contributed by atoms with van der Waals surface area (Å²) in [4.78, 5) is 11.6. The first-order chi connectivity index (χ1) is 7.18. The standard InChI is InChI=1S/C12H24N2O/c1-10(13)9-14-12(15)8-11-6-4-2-3-5-7-11/h10-11H,2-9,13H2,1H3,(H,14,15). The minimum absolute atomic E-state index is 0.0584. The van der Waals surface area contributed by atoms with E-state index in [1.54, 1.807) is 0 Å². The van der Waals surface area contributed by atoms with Crippen LogP contribution in [0.1, 0.15) is 51.9 Å². The van der Waals surface area contributed by atoms with Crippen LogP contribution in [0.25, 0.3) is 0 Å². The van der Waals surface area contributed by atoms with Gasteiger partial charge in [-0.25, -0.2) is 0 Å². The molecule has 0 spiro atoms. The van der Waals surface area contributed by atoms with Crippen molar-refractivity contribution < 1.29 is 4.79 Å². The Balaban J connectivity index is 2.17. The van der Waals surface area contributed by atoms with Crippen LogP contribution in [0.2, 0.25) is 0 Å². The third-order valence-electron chi connectivity index (χ3n) is 3.07. The molecule has 0 heterocycles. The Morgan fingerprint density at radius 1 is 1.33 bits per heavy atom. The quantitative estimate of drug-likeness (QED) is 0.698.